The highest BCUT2D eigenvalue weighted by Gasteiger charge is 2.21. The van der Waals surface area contributed by atoms with Gasteiger partial charge in [-0.15, -0.1) is 0 Å². The van der Waals surface area contributed by atoms with Crippen LogP contribution in [0.4, 0.5) is 0 Å². The van der Waals surface area contributed by atoms with E-state index in [1.54, 1.807) is 0 Å². The number of ether oxygens (including phenoxy) is 1. The van der Waals surface area contributed by atoms with Crippen LogP contribution in [0.2, 0.25) is 5.02 Å². The van der Waals surface area contributed by atoms with Gasteiger partial charge in [0, 0.05) is 11.4 Å². The van der Waals surface area contributed by atoms with Crippen molar-refractivity contribution < 1.29 is 4.74 Å². The van der Waals surface area contributed by atoms with Crippen molar-refractivity contribution in [1.29, 1.82) is 0 Å². The van der Waals surface area contributed by atoms with Crippen LogP contribution in [-0.4, -0.2) is 19.0 Å². The van der Waals surface area contributed by atoms with Gasteiger partial charge in [0.15, 0.2) is 5.90 Å². The van der Waals surface area contributed by atoms with Crippen molar-refractivity contribution in [2.24, 2.45) is 10.7 Å². The summed E-state index contributed by atoms with van der Waals surface area (Å²) in [5, 5.41) is 0.750. The quantitative estimate of drug-likeness (QED) is 0.876. The Balaban J connectivity index is 2.07. The summed E-state index contributed by atoms with van der Waals surface area (Å²) in [6, 6.07) is 7.80. The lowest BCUT2D eigenvalue weighted by Crippen LogP contribution is -2.04. The highest BCUT2D eigenvalue weighted by atomic mass is 35.5. The molecule has 1 aliphatic rings. The average Bonchev–Trinajstić information content (AvgIpc) is 2.75. The summed E-state index contributed by atoms with van der Waals surface area (Å²) < 4.78 is 5.51. The van der Waals surface area contributed by atoms with Crippen LogP contribution < -0.4 is 5.73 Å². The lowest BCUT2D eigenvalue weighted by Gasteiger charge is -2.06. The molecule has 2 N–H and O–H groups in total. The minimum Gasteiger partial charge on any atom is -0.478 e. The zero-order valence-electron chi connectivity index (χ0n) is 9.03. The summed E-state index contributed by atoms with van der Waals surface area (Å²) in [7, 11) is 0. The fourth-order valence-corrected chi connectivity index (χ4v) is 1.98. The molecule has 1 aromatic carbocycles. The zero-order chi connectivity index (χ0) is 11.4. The summed E-state index contributed by atoms with van der Waals surface area (Å²) >= 11 is 6.11. The normalized spacial score (nSPS) is 19.4. The van der Waals surface area contributed by atoms with Crippen LogP contribution >= 0.6 is 11.6 Å². The van der Waals surface area contributed by atoms with E-state index >= 15 is 0 Å². The molecule has 1 aromatic rings. The van der Waals surface area contributed by atoms with Gasteiger partial charge in [0.2, 0.25) is 0 Å². The van der Waals surface area contributed by atoms with Crippen molar-refractivity contribution in [3.8, 4) is 0 Å². The molecule has 0 fully saturated rings. The van der Waals surface area contributed by atoms with Crippen molar-refractivity contribution in [3.05, 3.63) is 34.9 Å². The Labute approximate surface area is 100 Å². The molecule has 3 nitrogen and oxygen atoms in total. The first-order chi connectivity index (χ1) is 7.81. The predicted molar refractivity (Wildman–Crippen MR) is 65.9 cm³/mol. The molecule has 1 atom stereocenters. The highest BCUT2D eigenvalue weighted by molar-refractivity contribution is 6.31. The molecule has 0 saturated heterocycles. The van der Waals surface area contributed by atoms with Crippen molar-refractivity contribution in [3.63, 3.8) is 0 Å². The van der Waals surface area contributed by atoms with Crippen molar-refractivity contribution in [1.82, 2.24) is 0 Å². The summed E-state index contributed by atoms with van der Waals surface area (Å²) in [6.45, 7) is 1.25. The van der Waals surface area contributed by atoms with Crippen LogP contribution in [-0.2, 0) is 4.74 Å². The van der Waals surface area contributed by atoms with Gasteiger partial charge in [0.1, 0.15) is 12.6 Å². The second-order valence-electron chi connectivity index (χ2n) is 3.76. The van der Waals surface area contributed by atoms with Crippen LogP contribution in [0.1, 0.15) is 24.4 Å². The van der Waals surface area contributed by atoms with Gasteiger partial charge in [0.25, 0.3) is 0 Å². The SMILES string of the molecule is NCCCC1=NC(c2ccccc2Cl)CO1. The van der Waals surface area contributed by atoms with E-state index in [4.69, 9.17) is 22.1 Å². The summed E-state index contributed by atoms with van der Waals surface area (Å²) in [4.78, 5) is 4.51. The first-order valence-corrected chi connectivity index (χ1v) is 5.83. The number of aliphatic imine (C=N–C) groups is 1. The van der Waals surface area contributed by atoms with Gasteiger partial charge in [-0.25, -0.2) is 4.99 Å². The van der Waals surface area contributed by atoms with Gasteiger partial charge in [-0.3, -0.25) is 0 Å². The molecule has 0 amide bonds. The molecule has 1 unspecified atom stereocenters. The van der Waals surface area contributed by atoms with Crippen LogP contribution in [0.25, 0.3) is 0 Å². The minimum atomic E-state index is 0.0430. The number of rotatable bonds is 4. The van der Waals surface area contributed by atoms with Crippen LogP contribution in [0, 0.1) is 0 Å². The van der Waals surface area contributed by atoms with Crippen molar-refractivity contribution >= 4 is 17.5 Å². The molecule has 0 saturated carbocycles. The molecule has 0 radical (unpaired) electrons. The maximum atomic E-state index is 6.11. The Morgan fingerprint density at radius 3 is 3.00 bits per heavy atom. The number of hydrogen-bond acceptors (Lipinski definition) is 3. The first kappa shape index (κ1) is 11.4. The van der Waals surface area contributed by atoms with E-state index in [2.05, 4.69) is 4.99 Å². The Hall–Kier alpha value is -1.06. The summed E-state index contributed by atoms with van der Waals surface area (Å²) in [5.74, 6) is 0.801. The Morgan fingerprint density at radius 1 is 1.44 bits per heavy atom. The smallest absolute Gasteiger partial charge is 0.184 e. The van der Waals surface area contributed by atoms with Crippen molar-refractivity contribution in [2.45, 2.75) is 18.9 Å². The molecule has 86 valence electrons. The third-order valence-electron chi connectivity index (χ3n) is 2.57. The van der Waals surface area contributed by atoms with E-state index in [0.717, 1.165) is 29.3 Å². The number of benzene rings is 1. The van der Waals surface area contributed by atoms with E-state index in [-0.39, 0.29) is 6.04 Å². The molecule has 4 heteroatoms. The van der Waals surface area contributed by atoms with E-state index in [1.807, 2.05) is 24.3 Å². The largest absolute Gasteiger partial charge is 0.478 e. The molecule has 0 aromatic heterocycles. The molecule has 2 rings (SSSR count). The number of halogens is 1. The molecular formula is C12H15ClN2O. The maximum absolute atomic E-state index is 6.11. The zero-order valence-corrected chi connectivity index (χ0v) is 9.78. The van der Waals surface area contributed by atoms with Gasteiger partial charge in [-0.2, -0.15) is 0 Å². The van der Waals surface area contributed by atoms with Gasteiger partial charge in [-0.05, 0) is 24.6 Å². The number of nitrogens with zero attached hydrogens (tertiary/aromatic N) is 1. The first-order valence-electron chi connectivity index (χ1n) is 5.45. The Bertz CT molecular complexity index is 392. The standard InChI is InChI=1S/C12H15ClN2O/c13-10-5-2-1-4-9(10)11-8-16-12(15-11)6-3-7-14/h1-2,4-5,11H,3,6-8,14H2. The van der Waals surface area contributed by atoms with E-state index in [0.29, 0.717) is 13.2 Å². The summed E-state index contributed by atoms with van der Waals surface area (Å²) in [6.07, 6.45) is 1.73. The molecular weight excluding hydrogens is 224 g/mol. The molecule has 1 heterocycles. The third-order valence-corrected chi connectivity index (χ3v) is 2.91. The summed E-state index contributed by atoms with van der Waals surface area (Å²) in [5.41, 5.74) is 6.48. The van der Waals surface area contributed by atoms with Gasteiger partial charge >= 0.3 is 0 Å². The van der Waals surface area contributed by atoms with E-state index in [9.17, 15) is 0 Å². The Kier molecular flexibility index (Phi) is 3.80. The van der Waals surface area contributed by atoms with Crippen LogP contribution in [0.15, 0.2) is 29.3 Å². The minimum absolute atomic E-state index is 0.0430. The molecule has 0 bridgehead atoms. The predicted octanol–water partition coefficient (Wildman–Crippen LogP) is 2.55. The monoisotopic (exact) mass is 238 g/mol. The molecule has 1 aliphatic heterocycles. The van der Waals surface area contributed by atoms with Crippen molar-refractivity contribution in [2.75, 3.05) is 13.2 Å². The lowest BCUT2D eigenvalue weighted by atomic mass is 10.1. The van der Waals surface area contributed by atoms with Crippen LogP contribution in [0.3, 0.4) is 0 Å². The topological polar surface area (TPSA) is 47.6 Å². The van der Waals surface area contributed by atoms with E-state index < -0.39 is 0 Å². The highest BCUT2D eigenvalue weighted by Crippen LogP contribution is 2.29. The fourth-order valence-electron chi connectivity index (χ4n) is 1.72. The van der Waals surface area contributed by atoms with Gasteiger partial charge < -0.3 is 10.5 Å². The second kappa shape index (κ2) is 5.32. The van der Waals surface area contributed by atoms with E-state index in [1.165, 1.54) is 0 Å². The van der Waals surface area contributed by atoms with Gasteiger partial charge in [0.05, 0.1) is 0 Å². The molecule has 0 aliphatic carbocycles. The second-order valence-corrected chi connectivity index (χ2v) is 4.17. The Morgan fingerprint density at radius 2 is 2.25 bits per heavy atom. The molecule has 16 heavy (non-hydrogen) atoms. The van der Waals surface area contributed by atoms with Gasteiger partial charge in [-0.1, -0.05) is 29.8 Å². The maximum Gasteiger partial charge on any atom is 0.184 e. The fraction of sp³-hybridized carbons (Fsp3) is 0.417. The third kappa shape index (κ3) is 2.54. The lowest BCUT2D eigenvalue weighted by molar-refractivity contribution is 0.311. The molecule has 0 spiro atoms. The number of nitrogens with two attached hydrogens (primary N) is 1. The van der Waals surface area contributed by atoms with Crippen LogP contribution in [0.5, 0.6) is 0 Å². The number of hydrogen-bond donors (Lipinski definition) is 1. The average molecular weight is 239 g/mol.